The lowest BCUT2D eigenvalue weighted by atomic mass is 10.0. The first kappa shape index (κ1) is 14.4. The molecule has 0 aliphatic rings. The maximum absolute atomic E-state index is 11.6. The van der Waals surface area contributed by atoms with Crippen LogP contribution in [0.3, 0.4) is 0 Å². The zero-order chi connectivity index (χ0) is 13.8. The van der Waals surface area contributed by atoms with Gasteiger partial charge in [0.2, 0.25) is 5.54 Å². The quantitative estimate of drug-likeness (QED) is 0.448. The molecule has 0 saturated carbocycles. The fourth-order valence-corrected chi connectivity index (χ4v) is 2.37. The second kappa shape index (κ2) is 5.34. The van der Waals surface area contributed by atoms with Gasteiger partial charge in [-0.2, -0.15) is 8.42 Å². The third-order valence-electron chi connectivity index (χ3n) is 2.42. The topological polar surface area (TPSA) is 86.5 Å². The highest BCUT2D eigenvalue weighted by molar-refractivity contribution is 7.87. The van der Waals surface area contributed by atoms with Crippen LogP contribution in [0.5, 0.6) is 5.75 Å². The van der Waals surface area contributed by atoms with Crippen molar-refractivity contribution < 1.29 is 17.5 Å². The van der Waals surface area contributed by atoms with Crippen molar-refractivity contribution in [3.8, 4) is 5.75 Å². The van der Waals surface area contributed by atoms with Gasteiger partial charge in [-0.25, -0.2) is 0 Å². The fraction of sp³-hybridized carbons (Fsp3) is 0.455. The summed E-state index contributed by atoms with van der Waals surface area (Å²) < 4.78 is 28.1. The van der Waals surface area contributed by atoms with Crippen molar-refractivity contribution in [1.82, 2.24) is 0 Å². The van der Waals surface area contributed by atoms with Gasteiger partial charge in [0.1, 0.15) is 5.75 Å². The number of benzene rings is 1. The molecule has 0 unspecified atom stereocenters. The highest BCUT2D eigenvalue weighted by atomic mass is 32.2. The monoisotopic (exact) mass is 273 g/mol. The van der Waals surface area contributed by atoms with Gasteiger partial charge >= 0.3 is 10.1 Å². The average molecular weight is 273 g/mol. The van der Waals surface area contributed by atoms with Crippen LogP contribution in [0.1, 0.15) is 20.3 Å². The zero-order valence-corrected chi connectivity index (χ0v) is 11.0. The molecule has 7 heteroatoms. The van der Waals surface area contributed by atoms with Gasteiger partial charge in [-0.1, -0.05) is 18.2 Å². The van der Waals surface area contributed by atoms with Crippen molar-refractivity contribution in [1.29, 1.82) is 0 Å². The van der Waals surface area contributed by atoms with E-state index in [1.54, 1.807) is 18.2 Å². The minimum absolute atomic E-state index is 0.102. The number of nitro groups is 1. The molecule has 1 aromatic rings. The van der Waals surface area contributed by atoms with E-state index in [2.05, 4.69) is 0 Å². The van der Waals surface area contributed by atoms with Crippen LogP contribution < -0.4 is 4.18 Å². The van der Waals surface area contributed by atoms with Crippen LogP contribution in [0.15, 0.2) is 30.3 Å². The van der Waals surface area contributed by atoms with Gasteiger partial charge in [-0.3, -0.25) is 10.1 Å². The van der Waals surface area contributed by atoms with Crippen LogP contribution in [0, 0.1) is 10.1 Å². The minimum atomic E-state index is -3.81. The molecule has 0 aliphatic heterocycles. The van der Waals surface area contributed by atoms with Crippen LogP contribution in [-0.4, -0.2) is 24.6 Å². The lowest BCUT2D eigenvalue weighted by Crippen LogP contribution is -2.33. The second-order valence-electron chi connectivity index (χ2n) is 4.48. The van der Waals surface area contributed by atoms with Crippen LogP contribution in [0.4, 0.5) is 0 Å². The third kappa shape index (κ3) is 4.33. The zero-order valence-electron chi connectivity index (χ0n) is 10.2. The van der Waals surface area contributed by atoms with E-state index in [1.807, 2.05) is 0 Å². The van der Waals surface area contributed by atoms with Gasteiger partial charge in [0, 0.05) is 25.2 Å². The maximum Gasteiger partial charge on any atom is 0.309 e. The summed E-state index contributed by atoms with van der Waals surface area (Å²) in [4.78, 5) is 10.2. The van der Waals surface area contributed by atoms with Crippen molar-refractivity contribution in [2.24, 2.45) is 0 Å². The molecule has 0 N–H and O–H groups in total. The molecule has 0 spiro atoms. The lowest BCUT2D eigenvalue weighted by molar-refractivity contribution is -0.560. The number of hydrogen-bond acceptors (Lipinski definition) is 5. The van der Waals surface area contributed by atoms with Crippen molar-refractivity contribution >= 4 is 10.1 Å². The molecule has 0 aromatic heterocycles. The molecular weight excluding hydrogens is 258 g/mol. The Morgan fingerprint density at radius 3 is 2.33 bits per heavy atom. The minimum Gasteiger partial charge on any atom is -0.382 e. The van der Waals surface area contributed by atoms with Crippen LogP contribution in [-0.2, 0) is 10.1 Å². The van der Waals surface area contributed by atoms with E-state index in [-0.39, 0.29) is 12.2 Å². The Morgan fingerprint density at radius 1 is 1.28 bits per heavy atom. The smallest absolute Gasteiger partial charge is 0.309 e. The predicted octanol–water partition coefficient (Wildman–Crippen LogP) is 1.84. The normalized spacial score (nSPS) is 12.1. The van der Waals surface area contributed by atoms with Crippen molar-refractivity contribution in [3.05, 3.63) is 40.4 Å². The van der Waals surface area contributed by atoms with Crippen LogP contribution in [0.2, 0.25) is 0 Å². The number of rotatable bonds is 6. The molecule has 0 aliphatic carbocycles. The summed E-state index contributed by atoms with van der Waals surface area (Å²) in [6.07, 6.45) is -0.102. The van der Waals surface area contributed by atoms with Crippen molar-refractivity contribution in [3.63, 3.8) is 0 Å². The molecule has 0 amide bonds. The molecule has 0 atom stereocenters. The highest BCUT2D eigenvalue weighted by Crippen LogP contribution is 2.17. The molecular formula is C11H15NO5S. The first-order chi connectivity index (χ1) is 8.23. The van der Waals surface area contributed by atoms with E-state index < -0.39 is 26.3 Å². The van der Waals surface area contributed by atoms with E-state index in [0.717, 1.165) is 0 Å². The molecule has 0 heterocycles. The largest absolute Gasteiger partial charge is 0.382 e. The first-order valence-electron chi connectivity index (χ1n) is 5.35. The molecule has 0 bridgehead atoms. The molecule has 1 rings (SSSR count). The summed E-state index contributed by atoms with van der Waals surface area (Å²) in [5.74, 6) is -0.188. The first-order valence-corrected chi connectivity index (χ1v) is 6.92. The van der Waals surface area contributed by atoms with Crippen LogP contribution >= 0.6 is 0 Å². The van der Waals surface area contributed by atoms with Gasteiger partial charge in [-0.05, 0) is 12.1 Å². The Morgan fingerprint density at radius 2 is 1.83 bits per heavy atom. The molecule has 100 valence electrons. The van der Waals surface area contributed by atoms with E-state index in [9.17, 15) is 18.5 Å². The number of para-hydroxylation sites is 1. The highest BCUT2D eigenvalue weighted by Gasteiger charge is 2.33. The summed E-state index contributed by atoms with van der Waals surface area (Å²) in [7, 11) is -3.81. The molecule has 6 nitrogen and oxygen atoms in total. The maximum atomic E-state index is 11.6. The van der Waals surface area contributed by atoms with Crippen LogP contribution in [0.25, 0.3) is 0 Å². The summed E-state index contributed by atoms with van der Waals surface area (Å²) in [5, 5.41) is 10.7. The summed E-state index contributed by atoms with van der Waals surface area (Å²) in [6.45, 7) is 2.76. The summed E-state index contributed by atoms with van der Waals surface area (Å²) in [6, 6.07) is 8.04. The summed E-state index contributed by atoms with van der Waals surface area (Å²) >= 11 is 0. The molecule has 0 fully saturated rings. The number of hydrogen-bond donors (Lipinski definition) is 0. The Balaban J connectivity index is 2.64. The van der Waals surface area contributed by atoms with E-state index in [1.165, 1.54) is 26.0 Å². The molecule has 18 heavy (non-hydrogen) atoms. The third-order valence-corrected chi connectivity index (χ3v) is 3.58. The van der Waals surface area contributed by atoms with Gasteiger partial charge in [0.15, 0.2) is 0 Å². The van der Waals surface area contributed by atoms with Crippen molar-refractivity contribution in [2.45, 2.75) is 25.8 Å². The van der Waals surface area contributed by atoms with E-state index in [0.29, 0.717) is 0 Å². The van der Waals surface area contributed by atoms with Gasteiger partial charge in [-0.15, -0.1) is 0 Å². The van der Waals surface area contributed by atoms with Gasteiger partial charge in [0.05, 0.1) is 5.75 Å². The van der Waals surface area contributed by atoms with E-state index >= 15 is 0 Å². The second-order valence-corrected chi connectivity index (χ2v) is 6.17. The fourth-order valence-electron chi connectivity index (χ4n) is 1.13. The number of nitrogens with zero attached hydrogens (tertiary/aromatic N) is 1. The van der Waals surface area contributed by atoms with E-state index in [4.69, 9.17) is 4.18 Å². The standard InChI is InChI=1S/C11H15NO5S/c1-11(2,12(13)14)8-9-18(15,16)17-10-6-4-3-5-7-10/h3-7H,8-9H2,1-2H3. The Kier molecular flexibility index (Phi) is 4.28. The Bertz CT molecular complexity index is 509. The van der Waals surface area contributed by atoms with Gasteiger partial charge < -0.3 is 4.18 Å². The SMILES string of the molecule is CC(C)(CCS(=O)(=O)Oc1ccccc1)[N+](=O)[O-]. The molecule has 1 aromatic carbocycles. The molecule has 0 radical (unpaired) electrons. The average Bonchev–Trinajstić information content (AvgIpc) is 2.27. The Hall–Kier alpha value is -1.63. The predicted molar refractivity (Wildman–Crippen MR) is 66.5 cm³/mol. The summed E-state index contributed by atoms with van der Waals surface area (Å²) in [5.41, 5.74) is -1.28. The molecule has 0 saturated heterocycles. The Labute approximate surface area is 106 Å². The lowest BCUT2D eigenvalue weighted by Gasteiger charge is -2.15. The van der Waals surface area contributed by atoms with Gasteiger partial charge in [0.25, 0.3) is 0 Å². The van der Waals surface area contributed by atoms with Crippen molar-refractivity contribution in [2.75, 3.05) is 5.75 Å².